The molecule has 26 heavy (non-hydrogen) atoms. The average Bonchev–Trinajstić information content (AvgIpc) is 2.69. The predicted molar refractivity (Wildman–Crippen MR) is 109 cm³/mol. The maximum Gasteiger partial charge on any atom is 0.150 e. The van der Waals surface area contributed by atoms with E-state index in [0.717, 1.165) is 38.7 Å². The summed E-state index contributed by atoms with van der Waals surface area (Å²) in [6.45, 7) is 3.70. The number of aldehydes is 1. The molecule has 0 saturated heterocycles. The molecular formula is C21H14Cl2N2O. The molecule has 2 aromatic carbocycles. The maximum atomic E-state index is 10.5. The largest absolute Gasteiger partial charge is 0.298 e. The summed E-state index contributed by atoms with van der Waals surface area (Å²) in [6, 6.07) is 14.6. The molecule has 0 saturated carbocycles. The molecule has 0 aliphatic carbocycles. The number of carbonyl (C=O) groups is 1. The van der Waals surface area contributed by atoms with Crippen molar-refractivity contribution in [2.45, 2.75) is 0 Å². The van der Waals surface area contributed by atoms with Crippen molar-refractivity contribution in [1.82, 2.24) is 9.97 Å². The SMILES string of the molecule is C=Cc1ccc2nccc(Cl)c2c1.O=Cc1ccc2nccc(Cl)c2c1. The van der Waals surface area contributed by atoms with Gasteiger partial charge < -0.3 is 0 Å². The third-order valence-corrected chi connectivity index (χ3v) is 4.46. The average molecular weight is 381 g/mol. The number of hydrogen-bond donors (Lipinski definition) is 0. The van der Waals surface area contributed by atoms with Gasteiger partial charge in [-0.1, -0.05) is 41.9 Å². The fourth-order valence-corrected chi connectivity index (χ4v) is 2.88. The summed E-state index contributed by atoms with van der Waals surface area (Å²) in [5, 5.41) is 3.14. The first-order valence-corrected chi connectivity index (χ1v) is 8.54. The molecule has 3 nitrogen and oxygen atoms in total. The standard InChI is InChI=1S/C11H8ClN.C10H6ClNO/c1-2-8-3-4-11-9(7-8)10(12)5-6-13-11;11-9-3-4-12-10-2-1-7(6-13)5-8(9)10/h2-7H,1H2;1-6H. The molecule has 0 fully saturated rings. The number of carbonyl (C=O) groups excluding carboxylic acids is 1. The summed E-state index contributed by atoms with van der Waals surface area (Å²) in [4.78, 5) is 18.8. The van der Waals surface area contributed by atoms with Crippen LogP contribution in [0.5, 0.6) is 0 Å². The summed E-state index contributed by atoms with van der Waals surface area (Å²) >= 11 is 11.9. The van der Waals surface area contributed by atoms with Crippen LogP contribution in [-0.4, -0.2) is 16.3 Å². The Labute approximate surface area is 160 Å². The number of pyridine rings is 2. The molecule has 0 N–H and O–H groups in total. The van der Waals surface area contributed by atoms with E-state index in [1.54, 1.807) is 48.8 Å². The van der Waals surface area contributed by atoms with Crippen molar-refractivity contribution < 1.29 is 4.79 Å². The van der Waals surface area contributed by atoms with Crippen LogP contribution in [0.25, 0.3) is 27.9 Å². The topological polar surface area (TPSA) is 42.9 Å². The van der Waals surface area contributed by atoms with Crippen LogP contribution >= 0.6 is 23.2 Å². The van der Waals surface area contributed by atoms with Crippen LogP contribution in [0.15, 0.2) is 67.5 Å². The summed E-state index contributed by atoms with van der Waals surface area (Å²) in [5.41, 5.74) is 3.39. The molecule has 2 aromatic heterocycles. The van der Waals surface area contributed by atoms with E-state index >= 15 is 0 Å². The number of aromatic nitrogens is 2. The van der Waals surface area contributed by atoms with E-state index in [4.69, 9.17) is 23.2 Å². The normalized spacial score (nSPS) is 10.2. The third kappa shape index (κ3) is 3.90. The van der Waals surface area contributed by atoms with Crippen LogP contribution < -0.4 is 0 Å². The third-order valence-electron chi connectivity index (χ3n) is 3.80. The maximum absolute atomic E-state index is 10.5. The van der Waals surface area contributed by atoms with Crippen LogP contribution in [-0.2, 0) is 0 Å². The highest BCUT2D eigenvalue weighted by atomic mass is 35.5. The lowest BCUT2D eigenvalue weighted by molar-refractivity contribution is 0.112. The second kappa shape index (κ2) is 8.09. The lowest BCUT2D eigenvalue weighted by Crippen LogP contribution is -1.83. The second-order valence-corrected chi connectivity index (χ2v) is 6.28. The smallest absolute Gasteiger partial charge is 0.150 e. The number of fused-ring (bicyclic) bond motifs is 2. The second-order valence-electron chi connectivity index (χ2n) is 5.46. The van der Waals surface area contributed by atoms with Crippen molar-refractivity contribution in [2.24, 2.45) is 0 Å². The fourth-order valence-electron chi connectivity index (χ4n) is 2.46. The minimum atomic E-state index is 0.613. The van der Waals surface area contributed by atoms with Crippen molar-refractivity contribution in [3.63, 3.8) is 0 Å². The van der Waals surface area contributed by atoms with Crippen LogP contribution in [0.4, 0.5) is 0 Å². The monoisotopic (exact) mass is 380 g/mol. The van der Waals surface area contributed by atoms with Gasteiger partial charge in [-0.05, 0) is 48.0 Å². The van der Waals surface area contributed by atoms with E-state index in [1.807, 2.05) is 18.2 Å². The minimum absolute atomic E-state index is 0.613. The fraction of sp³-hybridized carbons (Fsp3) is 0. The quantitative estimate of drug-likeness (QED) is 0.387. The molecule has 0 unspecified atom stereocenters. The van der Waals surface area contributed by atoms with Gasteiger partial charge in [-0.25, -0.2) is 0 Å². The van der Waals surface area contributed by atoms with E-state index < -0.39 is 0 Å². The van der Waals surface area contributed by atoms with Crippen molar-refractivity contribution in [3.8, 4) is 0 Å². The summed E-state index contributed by atoms with van der Waals surface area (Å²) < 4.78 is 0. The molecule has 4 aromatic rings. The number of benzene rings is 2. The highest BCUT2D eigenvalue weighted by Crippen LogP contribution is 2.23. The van der Waals surface area contributed by atoms with Crippen molar-refractivity contribution in [2.75, 3.05) is 0 Å². The molecule has 128 valence electrons. The molecule has 0 radical (unpaired) electrons. The van der Waals surface area contributed by atoms with Gasteiger partial charge in [0, 0.05) is 28.7 Å². The van der Waals surface area contributed by atoms with Crippen molar-refractivity contribution in [3.05, 3.63) is 88.7 Å². The minimum Gasteiger partial charge on any atom is -0.298 e. The van der Waals surface area contributed by atoms with Crippen LogP contribution in [0.1, 0.15) is 15.9 Å². The Morgan fingerprint density at radius 3 is 1.77 bits per heavy atom. The lowest BCUT2D eigenvalue weighted by Gasteiger charge is -2.00. The van der Waals surface area contributed by atoms with Crippen LogP contribution in [0, 0.1) is 0 Å². The predicted octanol–water partition coefficient (Wildman–Crippen LogP) is 6.23. The van der Waals surface area contributed by atoms with E-state index in [1.165, 1.54) is 0 Å². The van der Waals surface area contributed by atoms with Gasteiger partial charge in [0.05, 0.1) is 21.1 Å². The molecule has 5 heteroatoms. The molecule has 0 bridgehead atoms. The van der Waals surface area contributed by atoms with Gasteiger partial charge in [0.15, 0.2) is 0 Å². The Kier molecular flexibility index (Phi) is 5.61. The van der Waals surface area contributed by atoms with E-state index in [0.29, 0.717) is 10.6 Å². The van der Waals surface area contributed by atoms with Crippen LogP contribution in [0.2, 0.25) is 10.0 Å². The Bertz CT molecular complexity index is 1020. The highest BCUT2D eigenvalue weighted by Gasteiger charge is 2.00. The Hall–Kier alpha value is -2.75. The van der Waals surface area contributed by atoms with E-state index in [-0.39, 0.29) is 0 Å². The molecule has 0 aliphatic heterocycles. The Balaban J connectivity index is 0.000000151. The van der Waals surface area contributed by atoms with Crippen LogP contribution in [0.3, 0.4) is 0 Å². The van der Waals surface area contributed by atoms with Crippen molar-refractivity contribution in [1.29, 1.82) is 0 Å². The van der Waals surface area contributed by atoms with Gasteiger partial charge in [0.25, 0.3) is 0 Å². The molecule has 0 spiro atoms. The number of rotatable bonds is 2. The zero-order chi connectivity index (χ0) is 18.5. The number of hydrogen-bond acceptors (Lipinski definition) is 3. The van der Waals surface area contributed by atoms with Gasteiger partial charge in [-0.2, -0.15) is 0 Å². The summed E-state index contributed by atoms with van der Waals surface area (Å²) in [7, 11) is 0. The van der Waals surface area contributed by atoms with Gasteiger partial charge >= 0.3 is 0 Å². The number of nitrogens with zero attached hydrogens (tertiary/aromatic N) is 2. The first kappa shape index (κ1) is 18.1. The Morgan fingerprint density at radius 2 is 1.27 bits per heavy atom. The van der Waals surface area contributed by atoms with Gasteiger partial charge in [0.1, 0.15) is 6.29 Å². The van der Waals surface area contributed by atoms with Gasteiger partial charge in [-0.15, -0.1) is 0 Å². The van der Waals surface area contributed by atoms with E-state index in [9.17, 15) is 4.79 Å². The molecule has 2 heterocycles. The molecule has 4 rings (SSSR count). The Morgan fingerprint density at radius 1 is 0.769 bits per heavy atom. The first-order chi connectivity index (χ1) is 12.6. The van der Waals surface area contributed by atoms with E-state index in [2.05, 4.69) is 16.5 Å². The number of halogens is 2. The zero-order valence-corrected chi connectivity index (χ0v) is 15.2. The molecule has 0 aliphatic rings. The van der Waals surface area contributed by atoms with Gasteiger partial charge in [-0.3, -0.25) is 14.8 Å². The first-order valence-electron chi connectivity index (χ1n) is 7.78. The summed E-state index contributed by atoms with van der Waals surface area (Å²) in [5.74, 6) is 0. The summed E-state index contributed by atoms with van der Waals surface area (Å²) in [6.07, 6.45) is 5.94. The molecular weight excluding hydrogens is 367 g/mol. The molecule has 0 amide bonds. The lowest BCUT2D eigenvalue weighted by atomic mass is 10.1. The van der Waals surface area contributed by atoms with Crippen molar-refractivity contribution >= 4 is 57.4 Å². The van der Waals surface area contributed by atoms with Gasteiger partial charge in [0.2, 0.25) is 0 Å². The highest BCUT2D eigenvalue weighted by molar-refractivity contribution is 6.35. The zero-order valence-electron chi connectivity index (χ0n) is 13.7. The molecule has 0 atom stereocenters.